The number of benzene rings is 1. The zero-order chi connectivity index (χ0) is 17.8. The number of halogens is 3. The first-order chi connectivity index (χ1) is 10.5. The molecule has 0 fully saturated rings. The highest BCUT2D eigenvalue weighted by atomic mass is 19.4. The van der Waals surface area contributed by atoms with Crippen LogP contribution in [0.25, 0.3) is 0 Å². The van der Waals surface area contributed by atoms with Crippen molar-refractivity contribution in [3.63, 3.8) is 0 Å². The number of nitrogens with zero attached hydrogens (tertiary/aromatic N) is 1. The molecule has 1 aromatic rings. The molecular formula is C17H24F3NO2. The summed E-state index contributed by atoms with van der Waals surface area (Å²) in [4.78, 5) is 13.7. The molecule has 0 saturated carbocycles. The fraction of sp³-hybridized carbons (Fsp3) is 0.588. The lowest BCUT2D eigenvalue weighted by Gasteiger charge is -2.36. The van der Waals surface area contributed by atoms with Gasteiger partial charge in [-0.2, -0.15) is 13.2 Å². The third kappa shape index (κ3) is 4.47. The molecule has 23 heavy (non-hydrogen) atoms. The monoisotopic (exact) mass is 331 g/mol. The quantitative estimate of drug-likeness (QED) is 0.865. The lowest BCUT2D eigenvalue weighted by molar-refractivity contribution is -0.262. The second-order valence-corrected chi connectivity index (χ2v) is 6.57. The first-order valence-electron chi connectivity index (χ1n) is 7.64. The molecule has 0 bridgehead atoms. The maximum Gasteiger partial charge on any atom is 0.430 e. The Morgan fingerprint density at radius 1 is 1.04 bits per heavy atom. The zero-order valence-corrected chi connectivity index (χ0v) is 13.9. The van der Waals surface area contributed by atoms with Crippen molar-refractivity contribution in [1.82, 2.24) is 4.90 Å². The van der Waals surface area contributed by atoms with Crippen molar-refractivity contribution in [1.29, 1.82) is 0 Å². The van der Waals surface area contributed by atoms with Gasteiger partial charge in [0.25, 0.3) is 11.5 Å². The minimum absolute atomic E-state index is 0.00837. The smallest absolute Gasteiger partial charge is 0.369 e. The minimum Gasteiger partial charge on any atom is -0.369 e. The molecule has 1 aromatic carbocycles. The molecule has 1 unspecified atom stereocenters. The van der Waals surface area contributed by atoms with Crippen LogP contribution in [-0.4, -0.2) is 35.2 Å². The highest BCUT2D eigenvalue weighted by Gasteiger charge is 2.61. The normalized spacial score (nSPS) is 14.9. The van der Waals surface area contributed by atoms with Crippen molar-refractivity contribution in [3.8, 4) is 0 Å². The van der Waals surface area contributed by atoms with E-state index in [-0.39, 0.29) is 24.9 Å². The van der Waals surface area contributed by atoms with E-state index in [2.05, 4.69) is 0 Å². The fourth-order valence-corrected chi connectivity index (χ4v) is 2.44. The summed E-state index contributed by atoms with van der Waals surface area (Å²) in [7, 11) is 0. The number of alkyl halides is 3. The van der Waals surface area contributed by atoms with Crippen LogP contribution in [0.4, 0.5) is 13.2 Å². The Morgan fingerprint density at radius 3 is 1.83 bits per heavy atom. The summed E-state index contributed by atoms with van der Waals surface area (Å²) >= 11 is 0. The molecular weight excluding hydrogens is 307 g/mol. The molecule has 0 spiro atoms. The molecule has 1 atom stereocenters. The van der Waals surface area contributed by atoms with E-state index in [1.54, 1.807) is 0 Å². The molecule has 6 heteroatoms. The molecule has 0 heterocycles. The molecule has 0 aliphatic heterocycles. The Hall–Kier alpha value is -1.56. The highest BCUT2D eigenvalue weighted by molar-refractivity contribution is 5.87. The predicted octanol–water partition coefficient (Wildman–Crippen LogP) is 3.58. The summed E-state index contributed by atoms with van der Waals surface area (Å²) in [5.41, 5.74) is -3.99. The molecule has 0 radical (unpaired) electrons. The third-order valence-corrected chi connectivity index (χ3v) is 3.37. The summed E-state index contributed by atoms with van der Waals surface area (Å²) in [6.07, 6.45) is -5.10. The van der Waals surface area contributed by atoms with Crippen molar-refractivity contribution in [2.75, 3.05) is 13.1 Å². The van der Waals surface area contributed by atoms with Crippen molar-refractivity contribution in [2.24, 2.45) is 11.8 Å². The van der Waals surface area contributed by atoms with E-state index >= 15 is 0 Å². The van der Waals surface area contributed by atoms with Gasteiger partial charge in [-0.3, -0.25) is 4.79 Å². The van der Waals surface area contributed by atoms with Gasteiger partial charge >= 0.3 is 6.18 Å². The van der Waals surface area contributed by atoms with E-state index in [1.807, 2.05) is 27.7 Å². The van der Waals surface area contributed by atoms with Crippen LogP contribution >= 0.6 is 0 Å². The first kappa shape index (κ1) is 19.5. The van der Waals surface area contributed by atoms with Crippen LogP contribution in [0.5, 0.6) is 0 Å². The summed E-state index contributed by atoms with van der Waals surface area (Å²) in [6, 6.07) is 6.51. The van der Waals surface area contributed by atoms with E-state index in [0.717, 1.165) is 17.0 Å². The Labute approximate surface area is 135 Å². The third-order valence-electron chi connectivity index (χ3n) is 3.37. The number of amides is 1. The van der Waals surface area contributed by atoms with Crippen molar-refractivity contribution < 1.29 is 23.1 Å². The van der Waals surface area contributed by atoms with Crippen LogP contribution < -0.4 is 0 Å². The van der Waals surface area contributed by atoms with E-state index in [9.17, 15) is 23.1 Å². The molecule has 0 aliphatic carbocycles. The molecule has 1 N–H and O–H groups in total. The first-order valence-corrected chi connectivity index (χ1v) is 7.64. The average molecular weight is 331 g/mol. The van der Waals surface area contributed by atoms with Gasteiger partial charge in [-0.25, -0.2) is 0 Å². The number of carbonyl (C=O) groups excluding carboxylic acids is 1. The average Bonchev–Trinajstić information content (AvgIpc) is 2.43. The van der Waals surface area contributed by atoms with Crippen LogP contribution in [0.15, 0.2) is 30.3 Å². The van der Waals surface area contributed by atoms with E-state index in [0.29, 0.717) is 0 Å². The van der Waals surface area contributed by atoms with Crippen LogP contribution in [-0.2, 0) is 10.4 Å². The van der Waals surface area contributed by atoms with E-state index < -0.39 is 23.2 Å². The Kier molecular flexibility index (Phi) is 6.22. The van der Waals surface area contributed by atoms with Crippen LogP contribution in [0.2, 0.25) is 0 Å². The number of hydrogen-bond acceptors (Lipinski definition) is 2. The van der Waals surface area contributed by atoms with Crippen molar-refractivity contribution >= 4 is 5.91 Å². The van der Waals surface area contributed by atoms with Gasteiger partial charge in [0.1, 0.15) is 0 Å². The molecule has 130 valence electrons. The summed E-state index contributed by atoms with van der Waals surface area (Å²) in [5.74, 6) is -1.34. The molecule has 1 rings (SSSR count). The zero-order valence-electron chi connectivity index (χ0n) is 13.9. The standard InChI is InChI=1S/C17H24F3NO2/c1-12(2)10-21(11-13(3)4)15(22)16(23,17(18,19)20)14-8-6-5-7-9-14/h5-9,12-13,23H,10-11H2,1-4H3. The molecule has 0 aliphatic rings. The maximum absolute atomic E-state index is 13.6. The topological polar surface area (TPSA) is 40.5 Å². The second-order valence-electron chi connectivity index (χ2n) is 6.57. The van der Waals surface area contributed by atoms with Gasteiger partial charge in [0.15, 0.2) is 0 Å². The summed E-state index contributed by atoms with van der Waals surface area (Å²) < 4.78 is 40.7. The minimum atomic E-state index is -5.10. The number of hydrogen-bond donors (Lipinski definition) is 1. The van der Waals surface area contributed by atoms with Gasteiger partial charge in [-0.15, -0.1) is 0 Å². The van der Waals surface area contributed by atoms with Gasteiger partial charge in [-0.05, 0) is 11.8 Å². The lowest BCUT2D eigenvalue weighted by atomic mass is 9.90. The molecule has 0 aromatic heterocycles. The molecule has 0 saturated heterocycles. The largest absolute Gasteiger partial charge is 0.430 e. The van der Waals surface area contributed by atoms with E-state index in [4.69, 9.17) is 0 Å². The lowest BCUT2D eigenvalue weighted by Crippen LogP contribution is -2.56. The van der Waals surface area contributed by atoms with Gasteiger partial charge in [-0.1, -0.05) is 58.0 Å². The van der Waals surface area contributed by atoms with Crippen molar-refractivity contribution in [2.45, 2.75) is 39.5 Å². The molecule has 1 amide bonds. The SMILES string of the molecule is CC(C)CN(CC(C)C)C(=O)C(O)(c1ccccc1)C(F)(F)F. The summed E-state index contributed by atoms with van der Waals surface area (Å²) in [6.45, 7) is 7.57. The van der Waals surface area contributed by atoms with Crippen molar-refractivity contribution in [3.05, 3.63) is 35.9 Å². The second kappa shape index (κ2) is 7.34. The van der Waals surface area contributed by atoms with Crippen LogP contribution in [0, 0.1) is 11.8 Å². The number of rotatable bonds is 6. The Bertz CT molecular complexity index is 504. The van der Waals surface area contributed by atoms with Gasteiger partial charge in [0, 0.05) is 18.7 Å². The van der Waals surface area contributed by atoms with Gasteiger partial charge in [0.05, 0.1) is 0 Å². The van der Waals surface area contributed by atoms with E-state index in [1.165, 1.54) is 18.2 Å². The van der Waals surface area contributed by atoms with Gasteiger partial charge in [0.2, 0.25) is 0 Å². The number of carbonyl (C=O) groups is 1. The van der Waals surface area contributed by atoms with Crippen LogP contribution in [0.1, 0.15) is 33.3 Å². The highest BCUT2D eigenvalue weighted by Crippen LogP contribution is 2.40. The molecule has 3 nitrogen and oxygen atoms in total. The Balaban J connectivity index is 3.32. The number of aliphatic hydroxyl groups is 1. The van der Waals surface area contributed by atoms with Gasteiger partial charge < -0.3 is 10.0 Å². The van der Waals surface area contributed by atoms with Crippen LogP contribution in [0.3, 0.4) is 0 Å². The Morgan fingerprint density at radius 2 is 1.48 bits per heavy atom. The summed E-state index contributed by atoms with van der Waals surface area (Å²) in [5, 5.41) is 10.4. The fourth-order valence-electron chi connectivity index (χ4n) is 2.44. The predicted molar refractivity (Wildman–Crippen MR) is 82.6 cm³/mol. The maximum atomic E-state index is 13.6.